The highest BCUT2D eigenvalue weighted by molar-refractivity contribution is 7.92. The summed E-state index contributed by atoms with van der Waals surface area (Å²) in [6, 6.07) is 7.39. The summed E-state index contributed by atoms with van der Waals surface area (Å²) in [5.41, 5.74) is 1.50. The van der Waals surface area contributed by atoms with Crippen molar-refractivity contribution in [2.24, 2.45) is 7.05 Å². The van der Waals surface area contributed by atoms with Gasteiger partial charge in [0.2, 0.25) is 0 Å². The van der Waals surface area contributed by atoms with Crippen molar-refractivity contribution >= 4 is 21.4 Å². The minimum atomic E-state index is -3.62. The van der Waals surface area contributed by atoms with Crippen LogP contribution in [0.5, 0.6) is 0 Å². The van der Waals surface area contributed by atoms with Crippen molar-refractivity contribution in [2.45, 2.75) is 11.9 Å². The van der Waals surface area contributed by atoms with Gasteiger partial charge in [-0.05, 0) is 19.1 Å². The minimum absolute atomic E-state index is 0.0919. The molecule has 1 aromatic carbocycles. The Balaban J connectivity index is 2.09. The zero-order chi connectivity index (χ0) is 14.3. The van der Waals surface area contributed by atoms with E-state index >= 15 is 0 Å². The lowest BCUT2D eigenvalue weighted by atomic mass is 10.2. The van der Waals surface area contributed by atoms with Gasteiger partial charge in [0, 0.05) is 19.8 Å². The quantitative estimate of drug-likeness (QED) is 0.907. The van der Waals surface area contributed by atoms with Gasteiger partial charge in [-0.15, -0.1) is 0 Å². The van der Waals surface area contributed by atoms with Gasteiger partial charge >= 0.3 is 0 Å². The normalized spacial score (nSPS) is 14.8. The first-order valence-corrected chi connectivity index (χ1v) is 7.80. The van der Waals surface area contributed by atoms with Crippen molar-refractivity contribution in [2.75, 3.05) is 22.7 Å². The second kappa shape index (κ2) is 4.52. The van der Waals surface area contributed by atoms with Gasteiger partial charge in [0.25, 0.3) is 10.0 Å². The molecule has 0 saturated heterocycles. The summed E-state index contributed by atoms with van der Waals surface area (Å²) in [4.78, 5) is 4.14. The second-order valence-corrected chi connectivity index (χ2v) is 6.57. The van der Waals surface area contributed by atoms with Crippen LogP contribution in [0.2, 0.25) is 0 Å². The molecule has 0 atom stereocenters. The van der Waals surface area contributed by atoms with Crippen molar-refractivity contribution in [1.29, 1.82) is 0 Å². The number of hydrogen-bond donors (Lipinski definition) is 1. The molecule has 0 spiro atoms. The van der Waals surface area contributed by atoms with E-state index in [4.69, 9.17) is 0 Å². The third-order valence-electron chi connectivity index (χ3n) is 3.44. The van der Waals surface area contributed by atoms with Crippen molar-refractivity contribution in [3.8, 4) is 0 Å². The third kappa shape index (κ3) is 1.94. The zero-order valence-corrected chi connectivity index (χ0v) is 12.2. The molecular formula is C13H16N4O2S. The highest BCUT2D eigenvalue weighted by Crippen LogP contribution is 2.32. The van der Waals surface area contributed by atoms with Crippen LogP contribution < -0.4 is 9.62 Å². The lowest BCUT2D eigenvalue weighted by Crippen LogP contribution is -2.39. The molecule has 6 nitrogen and oxygen atoms in total. The molecule has 0 saturated carbocycles. The fourth-order valence-electron chi connectivity index (χ4n) is 2.27. The van der Waals surface area contributed by atoms with E-state index in [0.29, 0.717) is 24.6 Å². The Morgan fingerprint density at radius 2 is 2.05 bits per heavy atom. The standard InChI is InChI=1S/C13H16N4O2S/c1-10-15-13(9-16(10)2)20(18,19)17-8-7-14-11-5-3-4-6-12(11)17/h3-6,9,14H,7-8H2,1-2H3. The number of imidazole rings is 1. The number of nitrogens with one attached hydrogen (secondary N) is 1. The molecular weight excluding hydrogens is 276 g/mol. The molecule has 0 fully saturated rings. The van der Waals surface area contributed by atoms with Crippen LogP contribution in [0, 0.1) is 6.92 Å². The highest BCUT2D eigenvalue weighted by atomic mass is 32.2. The maximum atomic E-state index is 12.7. The molecule has 1 aliphatic rings. The molecule has 3 rings (SSSR count). The minimum Gasteiger partial charge on any atom is -0.382 e. The number of nitrogens with zero attached hydrogens (tertiary/aromatic N) is 3. The second-order valence-electron chi connectivity index (χ2n) is 4.76. The number of aromatic nitrogens is 2. The van der Waals surface area contributed by atoms with Gasteiger partial charge in [-0.2, -0.15) is 8.42 Å². The van der Waals surface area contributed by atoms with Crippen molar-refractivity contribution in [1.82, 2.24) is 9.55 Å². The predicted octanol–water partition coefficient (Wildman–Crippen LogP) is 1.35. The van der Waals surface area contributed by atoms with Crippen LogP contribution in [0.25, 0.3) is 0 Å². The van der Waals surface area contributed by atoms with Crippen LogP contribution in [-0.4, -0.2) is 31.1 Å². The molecule has 0 unspecified atom stereocenters. The Kier molecular flexibility index (Phi) is 2.93. The molecule has 20 heavy (non-hydrogen) atoms. The maximum Gasteiger partial charge on any atom is 0.283 e. The van der Waals surface area contributed by atoms with Crippen molar-refractivity contribution in [3.63, 3.8) is 0 Å². The predicted molar refractivity (Wildman–Crippen MR) is 77.4 cm³/mol. The van der Waals surface area contributed by atoms with Gasteiger partial charge in [0.15, 0.2) is 5.03 Å². The Morgan fingerprint density at radius 1 is 1.30 bits per heavy atom. The van der Waals surface area contributed by atoms with Gasteiger partial charge in [-0.3, -0.25) is 4.31 Å². The summed E-state index contributed by atoms with van der Waals surface area (Å²) in [5, 5.41) is 3.29. The first kappa shape index (κ1) is 13.0. The number of rotatable bonds is 2. The van der Waals surface area contributed by atoms with Crippen molar-refractivity contribution < 1.29 is 8.42 Å². The molecule has 0 amide bonds. The van der Waals surface area contributed by atoms with E-state index < -0.39 is 10.0 Å². The molecule has 1 aromatic heterocycles. The smallest absolute Gasteiger partial charge is 0.283 e. The number of anilines is 2. The number of hydrogen-bond acceptors (Lipinski definition) is 4. The average molecular weight is 292 g/mol. The summed E-state index contributed by atoms with van der Waals surface area (Å²) in [5.74, 6) is 0.673. The van der Waals surface area contributed by atoms with Crippen molar-refractivity contribution in [3.05, 3.63) is 36.3 Å². The topological polar surface area (TPSA) is 67.2 Å². The van der Waals surface area contributed by atoms with E-state index in [0.717, 1.165) is 5.69 Å². The Morgan fingerprint density at radius 3 is 2.75 bits per heavy atom. The number of para-hydroxylation sites is 2. The summed E-state index contributed by atoms with van der Waals surface area (Å²) < 4.78 is 28.6. The van der Waals surface area contributed by atoms with E-state index in [1.54, 1.807) is 30.8 Å². The summed E-state index contributed by atoms with van der Waals surface area (Å²) in [6.45, 7) is 2.77. The van der Waals surface area contributed by atoms with Gasteiger partial charge in [0.1, 0.15) is 5.82 Å². The van der Waals surface area contributed by atoms with E-state index in [2.05, 4.69) is 10.3 Å². The molecule has 0 radical (unpaired) electrons. The first-order chi connectivity index (χ1) is 9.50. The lowest BCUT2D eigenvalue weighted by molar-refractivity contribution is 0.587. The Labute approximate surface area is 118 Å². The average Bonchev–Trinajstić information content (AvgIpc) is 2.79. The van der Waals surface area contributed by atoms with Gasteiger partial charge in [0.05, 0.1) is 17.9 Å². The fraction of sp³-hybridized carbons (Fsp3) is 0.308. The van der Waals surface area contributed by atoms with Gasteiger partial charge in [-0.1, -0.05) is 12.1 Å². The van der Waals surface area contributed by atoms with E-state index in [9.17, 15) is 8.42 Å². The van der Waals surface area contributed by atoms with Crippen LogP contribution in [-0.2, 0) is 17.1 Å². The molecule has 1 aliphatic heterocycles. The number of fused-ring (bicyclic) bond motifs is 1. The molecule has 0 bridgehead atoms. The van der Waals surface area contributed by atoms with Crippen LogP contribution in [0.4, 0.5) is 11.4 Å². The van der Waals surface area contributed by atoms with E-state index in [-0.39, 0.29) is 5.03 Å². The summed E-state index contributed by atoms with van der Waals surface area (Å²) in [7, 11) is -1.83. The highest BCUT2D eigenvalue weighted by Gasteiger charge is 2.30. The molecule has 7 heteroatoms. The number of aryl methyl sites for hydroxylation is 2. The maximum absolute atomic E-state index is 12.7. The van der Waals surface area contributed by atoms with Crippen LogP contribution in [0.1, 0.15) is 5.82 Å². The molecule has 2 aromatic rings. The fourth-order valence-corrected chi connectivity index (χ4v) is 3.78. The third-order valence-corrected chi connectivity index (χ3v) is 5.13. The number of sulfonamides is 1. The van der Waals surface area contributed by atoms with Gasteiger partial charge < -0.3 is 9.88 Å². The van der Waals surface area contributed by atoms with Crippen LogP contribution >= 0.6 is 0 Å². The molecule has 0 aliphatic carbocycles. The summed E-state index contributed by atoms with van der Waals surface area (Å²) in [6.07, 6.45) is 1.55. The molecule has 106 valence electrons. The molecule has 1 N–H and O–H groups in total. The largest absolute Gasteiger partial charge is 0.382 e. The Bertz CT molecular complexity index is 732. The number of benzene rings is 1. The first-order valence-electron chi connectivity index (χ1n) is 6.36. The van der Waals surface area contributed by atoms with E-state index in [1.807, 2.05) is 18.2 Å². The summed E-state index contributed by atoms with van der Waals surface area (Å²) >= 11 is 0. The van der Waals surface area contributed by atoms with E-state index in [1.165, 1.54) is 4.31 Å². The SMILES string of the molecule is Cc1nc(S(=O)(=O)N2CCNc3ccccc32)cn1C. The monoisotopic (exact) mass is 292 g/mol. The van der Waals surface area contributed by atoms with Gasteiger partial charge in [-0.25, -0.2) is 4.98 Å². The van der Waals surface area contributed by atoms with Crippen LogP contribution in [0.3, 0.4) is 0 Å². The van der Waals surface area contributed by atoms with Crippen LogP contribution in [0.15, 0.2) is 35.5 Å². The zero-order valence-electron chi connectivity index (χ0n) is 11.4. The lowest BCUT2D eigenvalue weighted by Gasteiger charge is -2.30. The molecule has 2 heterocycles. The Hall–Kier alpha value is -2.02.